The van der Waals surface area contributed by atoms with Crippen molar-refractivity contribution in [2.75, 3.05) is 0 Å². The first-order valence-corrected chi connectivity index (χ1v) is 19.5. The van der Waals surface area contributed by atoms with Crippen molar-refractivity contribution in [3.05, 3.63) is 20.6 Å². The van der Waals surface area contributed by atoms with Crippen LogP contribution in [0.5, 0.6) is 0 Å². The molecular formula is C24H51Cl2NOSiTi. The van der Waals surface area contributed by atoms with Crippen LogP contribution in [0.1, 0.15) is 102 Å². The van der Waals surface area contributed by atoms with E-state index in [1.165, 1.54) is 25.7 Å². The molecule has 0 aromatic carbocycles. The molecule has 1 aliphatic rings. The minimum Gasteiger partial charge on any atom is -0.147 e. The predicted octanol–water partition coefficient (Wildman–Crippen LogP) is 7.40. The molecule has 0 heterocycles. The third-order valence-electron chi connectivity index (χ3n) is 6.39. The van der Waals surface area contributed by atoms with E-state index in [1.54, 1.807) is 16.7 Å². The molecule has 0 amide bonds. The van der Waals surface area contributed by atoms with Crippen molar-refractivity contribution in [1.29, 1.82) is 0 Å². The van der Waals surface area contributed by atoms with E-state index < -0.39 is 16.1 Å². The molecule has 2 nitrogen and oxygen atoms in total. The van der Waals surface area contributed by atoms with Gasteiger partial charge in [0.05, 0.1) is 0 Å². The van der Waals surface area contributed by atoms with Crippen LogP contribution in [-0.4, -0.2) is 22.9 Å². The van der Waals surface area contributed by atoms with Gasteiger partial charge in [0.1, 0.15) is 0 Å². The predicted molar refractivity (Wildman–Crippen MR) is 141 cm³/mol. The Morgan fingerprint density at radius 3 is 1.87 bits per heavy atom. The molecule has 0 bridgehead atoms. The van der Waals surface area contributed by atoms with Gasteiger partial charge in [-0.3, -0.25) is 0 Å². The van der Waals surface area contributed by atoms with E-state index in [0.29, 0.717) is 10.3 Å². The molecule has 0 saturated heterocycles. The summed E-state index contributed by atoms with van der Waals surface area (Å²) in [5.74, 6) is 0.583. The first kappa shape index (κ1) is 33.1. The standard InChI is InChI=1S/C10H21O.C9H13.C4H10N.CH5Si.2ClH.Ti/c1-5-6-7-8-9-11-10(2,3)4;1-6-5-7(2)9(4)8(6)3;1-4(2,3)5;1-2;;;/h9H,5-8H2,1-4H3;6H,1-4H3;5H,1-3H3;2H2,1H3;2*1H;/q;;-1;;;;+1. The molecule has 1 rings (SSSR count). The monoisotopic (exact) mass is 515 g/mol. The Kier molecular flexibility index (Phi) is 14.3. The van der Waals surface area contributed by atoms with Crippen LogP contribution in [-0.2, 0) is 20.8 Å². The number of rotatable bonds is 9. The van der Waals surface area contributed by atoms with E-state index in [2.05, 4.69) is 86.5 Å². The zero-order chi connectivity index (χ0) is 21.9. The molecule has 3 atom stereocenters. The summed E-state index contributed by atoms with van der Waals surface area (Å²) in [6.45, 7) is 28.2. The normalized spacial score (nSPS) is 21.0. The fourth-order valence-electron chi connectivity index (χ4n) is 4.99. The molecule has 0 radical (unpaired) electrons. The topological polar surface area (TPSA) is 21.3 Å². The van der Waals surface area contributed by atoms with Gasteiger partial charge in [0.15, 0.2) is 0 Å². The van der Waals surface area contributed by atoms with E-state index >= 15 is 0 Å². The fraction of sp³-hybridized carbons (Fsp3) is 0.833. The number of allylic oxidation sites excluding steroid dienone is 4. The van der Waals surface area contributed by atoms with E-state index in [4.69, 9.17) is 4.74 Å². The fourth-order valence-corrected chi connectivity index (χ4v) is 24.4. The third kappa shape index (κ3) is 8.36. The number of halogens is 2. The van der Waals surface area contributed by atoms with Gasteiger partial charge in [0, 0.05) is 0 Å². The Morgan fingerprint density at radius 2 is 1.53 bits per heavy atom. The molecule has 1 aliphatic carbocycles. The van der Waals surface area contributed by atoms with Crippen molar-refractivity contribution in [1.82, 2.24) is 3.80 Å². The summed E-state index contributed by atoms with van der Waals surface area (Å²) in [7, 11) is -0.281. The molecular weight excluding hydrogens is 465 g/mol. The van der Waals surface area contributed by atoms with Crippen LogP contribution >= 0.6 is 24.8 Å². The summed E-state index contributed by atoms with van der Waals surface area (Å²) < 4.78 is 13.5. The van der Waals surface area contributed by atoms with Gasteiger partial charge in [-0.1, -0.05) is 0 Å². The Balaban J connectivity index is 0. The molecule has 0 aromatic heterocycles. The van der Waals surface area contributed by atoms with Gasteiger partial charge < -0.3 is 0 Å². The molecule has 180 valence electrons. The molecule has 6 heteroatoms. The SMILES string of the molecule is CCCCC[CH](OC(C)(C)C)[Ti]([NH]C(C)(C)C)([SiH2]C)[C]1=C(C)C(C)=C(C)C1C.Cl.Cl. The molecule has 0 saturated carbocycles. The van der Waals surface area contributed by atoms with E-state index in [1.807, 2.05) is 3.88 Å². The second-order valence-corrected chi connectivity index (χ2v) is 24.9. The van der Waals surface area contributed by atoms with Gasteiger partial charge in [0.25, 0.3) is 0 Å². The molecule has 0 aromatic rings. The van der Waals surface area contributed by atoms with Gasteiger partial charge in [-0.15, -0.1) is 24.8 Å². The van der Waals surface area contributed by atoms with E-state index in [-0.39, 0.29) is 43.3 Å². The number of ether oxygens (including phenoxy) is 1. The maximum absolute atomic E-state index is 6.97. The Bertz CT molecular complexity index is 607. The van der Waals surface area contributed by atoms with Crippen molar-refractivity contribution in [3.8, 4) is 0 Å². The van der Waals surface area contributed by atoms with Gasteiger partial charge >= 0.3 is 182 Å². The van der Waals surface area contributed by atoms with Gasteiger partial charge in [-0.05, 0) is 0 Å². The maximum atomic E-state index is 6.97. The Hall–Kier alpha value is 0.911. The second-order valence-electron chi connectivity index (χ2n) is 11.0. The molecule has 30 heavy (non-hydrogen) atoms. The zero-order valence-electron chi connectivity index (χ0n) is 21.9. The zero-order valence-corrected chi connectivity index (χ0v) is 26.5. The maximum Gasteiger partial charge on any atom is -0.147 e. The van der Waals surface area contributed by atoms with Crippen molar-refractivity contribution in [3.63, 3.8) is 0 Å². The number of unbranched alkanes of at least 4 members (excludes halogenated alkanes) is 2. The van der Waals surface area contributed by atoms with Crippen LogP contribution in [0.2, 0.25) is 6.55 Å². The van der Waals surface area contributed by atoms with Crippen LogP contribution in [0, 0.1) is 5.92 Å². The van der Waals surface area contributed by atoms with Gasteiger partial charge in [-0.2, -0.15) is 0 Å². The summed E-state index contributed by atoms with van der Waals surface area (Å²) in [5, 5.41) is 0. The van der Waals surface area contributed by atoms with Crippen molar-refractivity contribution < 1.29 is 20.8 Å². The Morgan fingerprint density at radius 1 is 1.00 bits per heavy atom. The molecule has 1 N–H and O–H groups in total. The van der Waals surface area contributed by atoms with Gasteiger partial charge in [0.2, 0.25) is 0 Å². The summed E-state index contributed by atoms with van der Waals surface area (Å²) >= 11 is -2.65. The first-order valence-electron chi connectivity index (χ1n) is 11.6. The quantitative estimate of drug-likeness (QED) is 0.255. The first-order chi connectivity index (χ1) is 12.7. The number of nitrogens with one attached hydrogen (secondary N) is 1. The molecule has 0 aliphatic heterocycles. The Labute approximate surface area is 206 Å². The second kappa shape index (κ2) is 13.0. The minimum absolute atomic E-state index is 0. The van der Waals surface area contributed by atoms with E-state index in [0.717, 1.165) is 0 Å². The molecule has 3 unspecified atom stereocenters. The van der Waals surface area contributed by atoms with Crippen LogP contribution in [0.15, 0.2) is 20.6 Å². The van der Waals surface area contributed by atoms with Crippen molar-refractivity contribution in [2.45, 2.75) is 124 Å². The van der Waals surface area contributed by atoms with Crippen LogP contribution in [0.3, 0.4) is 0 Å². The largest absolute Gasteiger partial charge is 0.147 e. The van der Waals surface area contributed by atoms with Crippen molar-refractivity contribution >= 4 is 32.2 Å². The smallest absolute Gasteiger partial charge is 0.147 e. The van der Waals surface area contributed by atoms with Crippen LogP contribution in [0.25, 0.3) is 0 Å². The van der Waals surface area contributed by atoms with E-state index in [9.17, 15) is 0 Å². The third-order valence-corrected chi connectivity index (χ3v) is 23.9. The average Bonchev–Trinajstić information content (AvgIpc) is 2.74. The summed E-state index contributed by atoms with van der Waals surface area (Å²) in [6, 6.07) is 0. The van der Waals surface area contributed by atoms with Crippen molar-refractivity contribution in [2.24, 2.45) is 5.92 Å². The van der Waals surface area contributed by atoms with Crippen LogP contribution in [0.4, 0.5) is 0 Å². The van der Waals surface area contributed by atoms with Gasteiger partial charge in [-0.25, -0.2) is 0 Å². The molecule has 0 spiro atoms. The summed E-state index contributed by atoms with van der Waals surface area (Å²) in [4.78, 5) is 0. The number of hydrogen-bond donors (Lipinski definition) is 1. The minimum atomic E-state index is -2.65. The molecule has 0 fully saturated rings. The average molecular weight is 517 g/mol. The summed E-state index contributed by atoms with van der Waals surface area (Å²) in [6.07, 6.45) is 5.09. The van der Waals surface area contributed by atoms with Crippen LogP contribution < -0.4 is 3.80 Å². The number of hydrogen-bond acceptors (Lipinski definition) is 2. The summed E-state index contributed by atoms with van der Waals surface area (Å²) in [5.41, 5.74) is 4.76.